The van der Waals surface area contributed by atoms with E-state index in [4.69, 9.17) is 5.11 Å². The summed E-state index contributed by atoms with van der Waals surface area (Å²) in [5.74, 6) is -0.826. The third-order valence-corrected chi connectivity index (χ3v) is 3.35. The van der Waals surface area contributed by atoms with E-state index in [-0.39, 0.29) is 18.1 Å². The predicted octanol–water partition coefficient (Wildman–Crippen LogP) is 1.10. The zero-order valence-electron chi connectivity index (χ0n) is 12.6. The largest absolute Gasteiger partial charge is 0.480 e. The van der Waals surface area contributed by atoms with Crippen LogP contribution >= 0.6 is 0 Å². The van der Waals surface area contributed by atoms with Crippen molar-refractivity contribution < 1.29 is 14.7 Å². The maximum absolute atomic E-state index is 12.5. The summed E-state index contributed by atoms with van der Waals surface area (Å²) in [7, 11) is 0. The van der Waals surface area contributed by atoms with Crippen LogP contribution in [0.2, 0.25) is 0 Å². The molecule has 0 aromatic carbocycles. The summed E-state index contributed by atoms with van der Waals surface area (Å²) in [5, 5.41) is 8.76. The van der Waals surface area contributed by atoms with Gasteiger partial charge in [0.1, 0.15) is 0 Å². The summed E-state index contributed by atoms with van der Waals surface area (Å²) in [4.78, 5) is 28.6. The number of carbonyl (C=O) groups is 2. The number of rotatable bonds is 4. The second-order valence-electron chi connectivity index (χ2n) is 6.01. The van der Waals surface area contributed by atoms with Gasteiger partial charge in [-0.1, -0.05) is 6.08 Å². The number of carbonyl (C=O) groups excluding carboxylic acids is 1. The molecule has 6 heteroatoms. The van der Waals surface area contributed by atoms with Crippen molar-refractivity contribution in [3.05, 3.63) is 12.7 Å². The Morgan fingerprint density at radius 2 is 1.80 bits per heavy atom. The average molecular weight is 283 g/mol. The van der Waals surface area contributed by atoms with Crippen LogP contribution in [0.1, 0.15) is 20.8 Å². The molecular weight excluding hydrogens is 258 g/mol. The summed E-state index contributed by atoms with van der Waals surface area (Å²) in [6.07, 6.45) is 1.73. The lowest BCUT2D eigenvalue weighted by Crippen LogP contribution is -2.57. The first-order chi connectivity index (χ1) is 9.25. The first kappa shape index (κ1) is 16.5. The molecular formula is C14H25N3O3. The predicted molar refractivity (Wildman–Crippen MR) is 77.7 cm³/mol. The SMILES string of the molecule is C=CCN(C(=O)N1CCN(CC(=O)O)CC1)C(C)(C)C. The van der Waals surface area contributed by atoms with Crippen LogP contribution in [0, 0.1) is 0 Å². The van der Waals surface area contributed by atoms with Gasteiger partial charge < -0.3 is 14.9 Å². The average Bonchev–Trinajstić information content (AvgIpc) is 2.34. The molecule has 0 spiro atoms. The Balaban J connectivity index is 2.60. The van der Waals surface area contributed by atoms with Gasteiger partial charge in [0.15, 0.2) is 0 Å². The van der Waals surface area contributed by atoms with Crippen molar-refractivity contribution in [2.45, 2.75) is 26.3 Å². The first-order valence-corrected chi connectivity index (χ1v) is 6.87. The van der Waals surface area contributed by atoms with Crippen LogP contribution in [0.5, 0.6) is 0 Å². The van der Waals surface area contributed by atoms with Crippen molar-refractivity contribution in [1.29, 1.82) is 0 Å². The third kappa shape index (κ3) is 4.52. The van der Waals surface area contributed by atoms with Crippen LogP contribution in [0.15, 0.2) is 12.7 Å². The normalized spacial score (nSPS) is 16.9. The highest BCUT2D eigenvalue weighted by atomic mass is 16.4. The van der Waals surface area contributed by atoms with Gasteiger partial charge in [0.25, 0.3) is 0 Å². The molecule has 0 unspecified atom stereocenters. The van der Waals surface area contributed by atoms with Gasteiger partial charge in [-0.05, 0) is 20.8 Å². The lowest BCUT2D eigenvalue weighted by atomic mass is 10.1. The third-order valence-electron chi connectivity index (χ3n) is 3.35. The maximum Gasteiger partial charge on any atom is 0.320 e. The van der Waals surface area contributed by atoms with Gasteiger partial charge in [0.05, 0.1) is 6.54 Å². The second-order valence-corrected chi connectivity index (χ2v) is 6.01. The molecule has 20 heavy (non-hydrogen) atoms. The second kappa shape index (κ2) is 6.74. The van der Waals surface area contributed by atoms with E-state index in [0.29, 0.717) is 32.7 Å². The lowest BCUT2D eigenvalue weighted by Gasteiger charge is -2.41. The molecule has 0 aromatic rings. The van der Waals surface area contributed by atoms with E-state index in [1.165, 1.54) is 0 Å². The lowest BCUT2D eigenvalue weighted by molar-refractivity contribution is -0.138. The molecule has 0 atom stereocenters. The van der Waals surface area contributed by atoms with Crippen LogP contribution < -0.4 is 0 Å². The first-order valence-electron chi connectivity index (χ1n) is 6.87. The molecule has 0 bridgehead atoms. The van der Waals surface area contributed by atoms with Crippen LogP contribution in [-0.4, -0.2) is 76.6 Å². The fourth-order valence-corrected chi connectivity index (χ4v) is 2.23. The molecule has 0 aliphatic carbocycles. The van der Waals surface area contributed by atoms with Gasteiger partial charge in [-0.3, -0.25) is 9.69 Å². The summed E-state index contributed by atoms with van der Waals surface area (Å²) < 4.78 is 0. The Morgan fingerprint density at radius 1 is 1.25 bits per heavy atom. The number of piperazine rings is 1. The number of urea groups is 1. The van der Waals surface area contributed by atoms with Gasteiger partial charge >= 0.3 is 12.0 Å². The molecule has 1 N–H and O–H groups in total. The number of hydrogen-bond acceptors (Lipinski definition) is 3. The molecule has 1 heterocycles. The highest BCUT2D eigenvalue weighted by Gasteiger charge is 2.31. The zero-order chi connectivity index (χ0) is 15.3. The number of nitrogens with zero attached hydrogens (tertiary/aromatic N) is 3. The van der Waals surface area contributed by atoms with Crippen molar-refractivity contribution in [2.24, 2.45) is 0 Å². The van der Waals surface area contributed by atoms with Crippen molar-refractivity contribution in [1.82, 2.24) is 14.7 Å². The highest BCUT2D eigenvalue weighted by molar-refractivity contribution is 5.75. The quantitative estimate of drug-likeness (QED) is 0.785. The smallest absolute Gasteiger partial charge is 0.320 e. The van der Waals surface area contributed by atoms with Gasteiger partial charge in [0.2, 0.25) is 0 Å². The van der Waals surface area contributed by atoms with E-state index >= 15 is 0 Å². The van der Waals surface area contributed by atoms with Crippen LogP contribution in [-0.2, 0) is 4.79 Å². The fourth-order valence-electron chi connectivity index (χ4n) is 2.23. The Bertz CT molecular complexity index is 368. The van der Waals surface area contributed by atoms with Crippen LogP contribution in [0.25, 0.3) is 0 Å². The van der Waals surface area contributed by atoms with E-state index < -0.39 is 5.97 Å². The minimum absolute atomic E-state index is 0.00706. The van der Waals surface area contributed by atoms with Gasteiger partial charge in [-0.15, -0.1) is 6.58 Å². The van der Waals surface area contributed by atoms with Crippen LogP contribution in [0.3, 0.4) is 0 Å². The summed E-state index contributed by atoms with van der Waals surface area (Å²) >= 11 is 0. The molecule has 6 nitrogen and oxygen atoms in total. The number of aliphatic carboxylic acids is 1. The summed E-state index contributed by atoms with van der Waals surface area (Å²) in [6, 6.07) is -0.00706. The molecule has 1 fully saturated rings. The van der Waals surface area contributed by atoms with Crippen molar-refractivity contribution >= 4 is 12.0 Å². The summed E-state index contributed by atoms with van der Waals surface area (Å²) in [6.45, 7) is 12.6. The number of carboxylic acids is 1. The molecule has 0 radical (unpaired) electrons. The van der Waals surface area contributed by atoms with E-state index in [1.807, 2.05) is 25.7 Å². The van der Waals surface area contributed by atoms with E-state index in [2.05, 4.69) is 6.58 Å². The molecule has 1 saturated heterocycles. The molecule has 2 amide bonds. The van der Waals surface area contributed by atoms with Gasteiger partial charge in [-0.25, -0.2) is 4.79 Å². The van der Waals surface area contributed by atoms with Gasteiger partial charge in [0, 0.05) is 38.3 Å². The molecule has 114 valence electrons. The molecule has 1 rings (SSSR count). The van der Waals surface area contributed by atoms with Crippen molar-refractivity contribution in [3.8, 4) is 0 Å². The fraction of sp³-hybridized carbons (Fsp3) is 0.714. The Labute approximate surface area is 120 Å². The monoisotopic (exact) mass is 283 g/mol. The molecule has 0 aromatic heterocycles. The standard InChI is InChI=1S/C14H25N3O3/c1-5-6-17(14(2,3)4)13(20)16-9-7-15(8-10-16)11-12(18)19/h5H,1,6-11H2,2-4H3,(H,18,19). The molecule has 0 saturated carbocycles. The summed E-state index contributed by atoms with van der Waals surface area (Å²) in [5.41, 5.74) is -0.260. The van der Waals surface area contributed by atoms with E-state index in [0.717, 1.165) is 0 Å². The Kier molecular flexibility index (Phi) is 5.56. The van der Waals surface area contributed by atoms with E-state index in [9.17, 15) is 9.59 Å². The molecule has 1 aliphatic rings. The van der Waals surface area contributed by atoms with Gasteiger partial charge in [-0.2, -0.15) is 0 Å². The number of carboxylic acid groups (broad SMARTS) is 1. The molecule has 1 aliphatic heterocycles. The highest BCUT2D eigenvalue weighted by Crippen LogP contribution is 2.16. The zero-order valence-corrected chi connectivity index (χ0v) is 12.6. The Hall–Kier alpha value is -1.56. The Morgan fingerprint density at radius 3 is 2.20 bits per heavy atom. The number of hydrogen-bond donors (Lipinski definition) is 1. The topological polar surface area (TPSA) is 64.1 Å². The van der Waals surface area contributed by atoms with Crippen LogP contribution in [0.4, 0.5) is 4.79 Å². The number of amides is 2. The van der Waals surface area contributed by atoms with Crippen molar-refractivity contribution in [2.75, 3.05) is 39.3 Å². The van der Waals surface area contributed by atoms with E-state index in [1.54, 1.807) is 15.9 Å². The maximum atomic E-state index is 12.5. The minimum atomic E-state index is -0.826. The van der Waals surface area contributed by atoms with Crippen molar-refractivity contribution in [3.63, 3.8) is 0 Å². The minimum Gasteiger partial charge on any atom is -0.480 e.